The number of carbonyl (C=O) groups is 1. The third-order valence-electron chi connectivity index (χ3n) is 6.70. The number of nitrogens with zero attached hydrogens (tertiary/aromatic N) is 3. The quantitative estimate of drug-likeness (QED) is 0.765. The highest BCUT2D eigenvalue weighted by atomic mass is 19.1. The average molecular weight is 428 g/mol. The first-order chi connectivity index (χ1) is 15.0. The van der Waals surface area contributed by atoms with Gasteiger partial charge in [0.1, 0.15) is 0 Å². The van der Waals surface area contributed by atoms with Gasteiger partial charge >= 0.3 is 0 Å². The number of aromatic nitrogens is 2. The van der Waals surface area contributed by atoms with E-state index in [1.807, 2.05) is 13.0 Å². The van der Waals surface area contributed by atoms with Crippen molar-refractivity contribution in [3.63, 3.8) is 0 Å². The zero-order chi connectivity index (χ0) is 22.0. The molecule has 2 N–H and O–H groups in total. The van der Waals surface area contributed by atoms with Crippen LogP contribution in [0.5, 0.6) is 0 Å². The molecule has 166 valence electrons. The summed E-state index contributed by atoms with van der Waals surface area (Å²) in [4.78, 5) is 35.5. The highest BCUT2D eigenvalue weighted by molar-refractivity contribution is 5.92. The summed E-state index contributed by atoms with van der Waals surface area (Å²) in [5.41, 5.74) is 2.47. The highest BCUT2D eigenvalue weighted by Gasteiger charge is 2.32. The van der Waals surface area contributed by atoms with Gasteiger partial charge in [-0.25, -0.2) is 9.37 Å². The summed E-state index contributed by atoms with van der Waals surface area (Å²) in [6.45, 7) is 5.40. The van der Waals surface area contributed by atoms with Crippen molar-refractivity contribution in [3.05, 3.63) is 57.5 Å². The largest absolute Gasteiger partial charge is 0.368 e. The maximum Gasteiger partial charge on any atom is 0.272 e. The molecule has 7 nitrogen and oxygen atoms in total. The maximum absolute atomic E-state index is 14.3. The lowest BCUT2D eigenvalue weighted by molar-refractivity contribution is 0.0953. The molecule has 1 aliphatic heterocycles. The molecule has 1 saturated carbocycles. The molecule has 2 aromatic rings. The minimum absolute atomic E-state index is 0.0420. The number of hydrogen-bond acceptors (Lipinski definition) is 5. The molecule has 0 unspecified atom stereocenters. The summed E-state index contributed by atoms with van der Waals surface area (Å²) in [5, 5.41) is 2.40. The van der Waals surface area contributed by atoms with Crippen LogP contribution in [0.4, 0.5) is 10.1 Å². The van der Waals surface area contributed by atoms with Crippen LogP contribution in [0.15, 0.2) is 29.2 Å². The number of H-pyrrole nitrogens is 1. The number of carbonyl (C=O) groups excluding carboxylic acids is 1. The lowest BCUT2D eigenvalue weighted by Crippen LogP contribution is -2.49. The van der Waals surface area contributed by atoms with Crippen LogP contribution in [-0.4, -0.2) is 60.0 Å². The number of rotatable bonds is 5. The van der Waals surface area contributed by atoms with E-state index in [1.165, 1.54) is 13.1 Å². The number of aromatic amines is 1. The van der Waals surface area contributed by atoms with E-state index in [4.69, 9.17) is 0 Å². The molecule has 1 saturated heterocycles. The molecule has 0 spiro atoms. The Morgan fingerprint density at radius 1 is 1.26 bits per heavy atom. The van der Waals surface area contributed by atoms with Crippen molar-refractivity contribution < 1.29 is 9.18 Å². The van der Waals surface area contributed by atoms with Crippen molar-refractivity contribution in [3.8, 4) is 0 Å². The minimum Gasteiger partial charge on any atom is -0.368 e. The molecule has 2 atom stereocenters. The summed E-state index contributed by atoms with van der Waals surface area (Å²) in [6, 6.07) is 5.94. The van der Waals surface area contributed by atoms with Crippen molar-refractivity contribution in [2.24, 2.45) is 0 Å². The summed E-state index contributed by atoms with van der Waals surface area (Å²) in [6.07, 6.45) is 5.59. The van der Waals surface area contributed by atoms with Gasteiger partial charge in [-0.3, -0.25) is 14.5 Å². The molecule has 2 fully saturated rings. The molecule has 2 aliphatic rings. The number of hydrogen-bond donors (Lipinski definition) is 2. The zero-order valence-corrected chi connectivity index (χ0v) is 18.2. The second-order valence-electron chi connectivity index (χ2n) is 8.41. The van der Waals surface area contributed by atoms with Gasteiger partial charge in [-0.05, 0) is 31.7 Å². The van der Waals surface area contributed by atoms with E-state index in [2.05, 4.69) is 31.2 Å². The van der Waals surface area contributed by atoms with Gasteiger partial charge in [-0.2, -0.15) is 0 Å². The van der Waals surface area contributed by atoms with Gasteiger partial charge in [0.05, 0.1) is 11.9 Å². The standard InChI is InChI=1S/C23H30FN5O2/c1-3-15-5-7-20(27-22(15)30)16-4-6-17(12-16)28-8-10-29(11-9-28)18-13-19(24)21(26-14-18)23(31)25-2/h5,7,13-14,16-17H,3-4,6,8-12H2,1-2H3,(H,25,31)(H,27,30)/t16-,17+/m1/s1. The maximum atomic E-state index is 14.3. The molecule has 4 rings (SSSR count). The SMILES string of the molecule is CCc1ccc([C@@H]2CC[C@H](N3CCN(c4cnc(C(=O)NC)c(F)c4)CC3)C2)[nH]c1=O. The Labute approximate surface area is 181 Å². The average Bonchev–Trinajstić information content (AvgIpc) is 3.29. The Hall–Kier alpha value is -2.74. The molecule has 1 amide bonds. The van der Waals surface area contributed by atoms with Crippen LogP contribution in [0, 0.1) is 5.82 Å². The molecular formula is C23H30FN5O2. The van der Waals surface area contributed by atoms with Crippen LogP contribution < -0.4 is 15.8 Å². The number of nitrogens with one attached hydrogen (secondary N) is 2. The predicted octanol–water partition coefficient (Wildman–Crippen LogP) is 2.29. The Bertz CT molecular complexity index is 1000. The first-order valence-corrected chi connectivity index (χ1v) is 11.1. The number of amides is 1. The molecule has 8 heteroatoms. The second kappa shape index (κ2) is 9.18. The van der Waals surface area contributed by atoms with Gasteiger partial charge in [0.15, 0.2) is 11.5 Å². The monoisotopic (exact) mass is 427 g/mol. The Kier molecular flexibility index (Phi) is 6.36. The fourth-order valence-corrected chi connectivity index (χ4v) is 4.84. The van der Waals surface area contributed by atoms with E-state index in [1.54, 1.807) is 6.20 Å². The van der Waals surface area contributed by atoms with E-state index in [0.717, 1.165) is 63.1 Å². The van der Waals surface area contributed by atoms with Crippen LogP contribution in [0.25, 0.3) is 0 Å². The van der Waals surface area contributed by atoms with Gasteiger partial charge in [-0.15, -0.1) is 0 Å². The number of piperazine rings is 1. The number of halogens is 1. The first-order valence-electron chi connectivity index (χ1n) is 11.1. The molecule has 0 bridgehead atoms. The van der Waals surface area contributed by atoms with Crippen molar-refractivity contribution in [1.29, 1.82) is 0 Å². The summed E-state index contributed by atoms with van der Waals surface area (Å²) in [7, 11) is 1.46. The number of pyridine rings is 2. The molecular weight excluding hydrogens is 397 g/mol. The van der Waals surface area contributed by atoms with Crippen LogP contribution in [0.2, 0.25) is 0 Å². The number of anilines is 1. The van der Waals surface area contributed by atoms with Crippen molar-refractivity contribution in [2.75, 3.05) is 38.1 Å². The van der Waals surface area contributed by atoms with E-state index in [0.29, 0.717) is 17.6 Å². The van der Waals surface area contributed by atoms with E-state index < -0.39 is 11.7 Å². The summed E-state index contributed by atoms with van der Waals surface area (Å²) in [5.74, 6) is -0.714. The van der Waals surface area contributed by atoms with Crippen molar-refractivity contribution in [1.82, 2.24) is 20.2 Å². The van der Waals surface area contributed by atoms with Crippen molar-refractivity contribution >= 4 is 11.6 Å². The van der Waals surface area contributed by atoms with Gasteiger partial charge in [0, 0.05) is 62.5 Å². The lowest BCUT2D eigenvalue weighted by atomic mass is 10.0. The highest BCUT2D eigenvalue weighted by Crippen LogP contribution is 2.36. The van der Waals surface area contributed by atoms with Gasteiger partial charge in [-0.1, -0.05) is 13.0 Å². The number of aryl methyl sites for hydroxylation is 1. The molecule has 2 aromatic heterocycles. The molecule has 31 heavy (non-hydrogen) atoms. The van der Waals surface area contributed by atoms with Gasteiger partial charge in [0.25, 0.3) is 11.5 Å². The first kappa shape index (κ1) is 21.5. The minimum atomic E-state index is -0.596. The van der Waals surface area contributed by atoms with Gasteiger partial charge < -0.3 is 15.2 Å². The molecule has 1 aliphatic carbocycles. The molecule has 3 heterocycles. The Morgan fingerprint density at radius 2 is 2.03 bits per heavy atom. The molecule has 0 aromatic carbocycles. The summed E-state index contributed by atoms with van der Waals surface area (Å²) >= 11 is 0. The smallest absolute Gasteiger partial charge is 0.272 e. The zero-order valence-electron chi connectivity index (χ0n) is 18.2. The second-order valence-corrected chi connectivity index (χ2v) is 8.41. The van der Waals surface area contributed by atoms with Crippen LogP contribution in [-0.2, 0) is 6.42 Å². The fraction of sp³-hybridized carbons (Fsp3) is 0.522. The van der Waals surface area contributed by atoms with E-state index >= 15 is 0 Å². The van der Waals surface area contributed by atoms with Gasteiger partial charge in [0.2, 0.25) is 0 Å². The van der Waals surface area contributed by atoms with E-state index in [-0.39, 0.29) is 11.3 Å². The normalized spacial score (nSPS) is 22.0. The van der Waals surface area contributed by atoms with Crippen LogP contribution in [0.1, 0.15) is 53.8 Å². The molecule has 0 radical (unpaired) electrons. The predicted molar refractivity (Wildman–Crippen MR) is 118 cm³/mol. The third-order valence-corrected chi connectivity index (χ3v) is 6.70. The Morgan fingerprint density at radius 3 is 2.68 bits per heavy atom. The van der Waals surface area contributed by atoms with Crippen LogP contribution in [0.3, 0.4) is 0 Å². The summed E-state index contributed by atoms with van der Waals surface area (Å²) < 4.78 is 14.3. The van der Waals surface area contributed by atoms with Crippen LogP contribution >= 0.6 is 0 Å². The van der Waals surface area contributed by atoms with E-state index in [9.17, 15) is 14.0 Å². The third kappa shape index (κ3) is 4.49. The lowest BCUT2D eigenvalue weighted by Gasteiger charge is -2.39. The fourth-order valence-electron chi connectivity index (χ4n) is 4.84. The van der Waals surface area contributed by atoms with Crippen molar-refractivity contribution in [2.45, 2.75) is 44.6 Å². The topological polar surface area (TPSA) is 81.3 Å². The Balaban J connectivity index is 1.34.